The minimum Gasteiger partial charge on any atom is -0.365 e. The van der Waals surface area contributed by atoms with Crippen LogP contribution in [0.25, 0.3) is 0 Å². The van der Waals surface area contributed by atoms with Crippen LogP contribution in [0, 0.1) is 0 Å². The second-order valence-corrected chi connectivity index (χ2v) is 5.64. The number of amides is 1. The van der Waals surface area contributed by atoms with Gasteiger partial charge >= 0.3 is 0 Å². The van der Waals surface area contributed by atoms with Crippen molar-refractivity contribution in [1.29, 1.82) is 0 Å². The standard InChI is InChI=1S/C15H22N4O/c1-4-9-17-12-7-6-11(13(16)20)14(18-12)19-10-5-8-15(19,2)3/h4,6-7,9H,5,8,10H2,1-3H3,(H2,16,20)(H,17,18)/b9-4-. The van der Waals surface area contributed by atoms with Gasteiger partial charge in [0.1, 0.15) is 11.6 Å². The van der Waals surface area contributed by atoms with Gasteiger partial charge in [-0.1, -0.05) is 6.08 Å². The summed E-state index contributed by atoms with van der Waals surface area (Å²) in [6.45, 7) is 7.15. The molecular formula is C15H22N4O. The second kappa shape index (κ2) is 5.53. The van der Waals surface area contributed by atoms with Gasteiger partial charge in [-0.3, -0.25) is 4.79 Å². The molecule has 1 fully saturated rings. The largest absolute Gasteiger partial charge is 0.365 e. The molecule has 1 aromatic rings. The number of carbonyl (C=O) groups is 1. The molecule has 2 heterocycles. The maximum absolute atomic E-state index is 11.6. The second-order valence-electron chi connectivity index (χ2n) is 5.64. The number of pyridine rings is 1. The van der Waals surface area contributed by atoms with Gasteiger partial charge in [0.15, 0.2) is 0 Å². The highest BCUT2D eigenvalue weighted by atomic mass is 16.1. The van der Waals surface area contributed by atoms with Crippen molar-refractivity contribution in [3.63, 3.8) is 0 Å². The molecule has 1 amide bonds. The molecule has 20 heavy (non-hydrogen) atoms. The Bertz CT molecular complexity index is 537. The van der Waals surface area contributed by atoms with Crippen LogP contribution in [-0.2, 0) is 0 Å². The van der Waals surface area contributed by atoms with Crippen molar-refractivity contribution in [2.45, 2.75) is 39.2 Å². The molecule has 0 aliphatic carbocycles. The van der Waals surface area contributed by atoms with Crippen LogP contribution in [-0.4, -0.2) is 23.0 Å². The molecule has 108 valence electrons. The van der Waals surface area contributed by atoms with E-state index in [0.29, 0.717) is 17.2 Å². The molecule has 2 rings (SSSR count). The van der Waals surface area contributed by atoms with Crippen molar-refractivity contribution in [2.24, 2.45) is 5.73 Å². The number of hydrogen-bond acceptors (Lipinski definition) is 4. The fourth-order valence-electron chi connectivity index (χ4n) is 2.60. The number of allylic oxidation sites excluding steroid dienone is 1. The maximum atomic E-state index is 11.6. The van der Waals surface area contributed by atoms with Crippen molar-refractivity contribution >= 4 is 17.5 Å². The first-order valence-corrected chi connectivity index (χ1v) is 6.92. The number of primary amides is 1. The van der Waals surface area contributed by atoms with E-state index >= 15 is 0 Å². The van der Waals surface area contributed by atoms with Gasteiger partial charge in [0.05, 0.1) is 5.56 Å². The summed E-state index contributed by atoms with van der Waals surface area (Å²) in [6.07, 6.45) is 5.88. The number of carbonyl (C=O) groups excluding carboxylic acids is 1. The summed E-state index contributed by atoms with van der Waals surface area (Å²) in [6, 6.07) is 3.51. The Morgan fingerprint density at radius 1 is 1.50 bits per heavy atom. The molecule has 0 spiro atoms. The predicted molar refractivity (Wildman–Crippen MR) is 81.9 cm³/mol. The molecule has 1 aliphatic heterocycles. The molecule has 0 saturated carbocycles. The summed E-state index contributed by atoms with van der Waals surface area (Å²) in [5.74, 6) is 0.952. The number of nitrogens with two attached hydrogens (primary N) is 1. The van der Waals surface area contributed by atoms with Crippen LogP contribution in [0.1, 0.15) is 44.0 Å². The molecule has 3 N–H and O–H groups in total. The number of rotatable bonds is 4. The molecule has 5 heteroatoms. The lowest BCUT2D eigenvalue weighted by molar-refractivity contribution is 0.100. The van der Waals surface area contributed by atoms with E-state index in [1.165, 1.54) is 0 Å². The molecule has 0 atom stereocenters. The highest BCUT2D eigenvalue weighted by Gasteiger charge is 2.34. The average Bonchev–Trinajstić information content (AvgIpc) is 2.75. The van der Waals surface area contributed by atoms with Crippen molar-refractivity contribution < 1.29 is 4.79 Å². The Hall–Kier alpha value is -2.04. The van der Waals surface area contributed by atoms with E-state index in [-0.39, 0.29) is 5.54 Å². The van der Waals surface area contributed by atoms with Crippen molar-refractivity contribution in [1.82, 2.24) is 4.98 Å². The zero-order chi connectivity index (χ0) is 14.8. The molecule has 1 aromatic heterocycles. The van der Waals surface area contributed by atoms with Crippen molar-refractivity contribution in [2.75, 3.05) is 16.8 Å². The lowest BCUT2D eigenvalue weighted by Crippen LogP contribution is -2.40. The summed E-state index contributed by atoms with van der Waals surface area (Å²) in [5, 5.41) is 3.08. The number of hydrogen-bond donors (Lipinski definition) is 2. The normalized spacial score (nSPS) is 17.6. The Kier molecular flexibility index (Phi) is 3.97. The summed E-state index contributed by atoms with van der Waals surface area (Å²) in [7, 11) is 0. The fourth-order valence-corrected chi connectivity index (χ4v) is 2.60. The van der Waals surface area contributed by atoms with Crippen LogP contribution < -0.4 is 16.0 Å². The first kappa shape index (κ1) is 14.4. The topological polar surface area (TPSA) is 71.2 Å². The smallest absolute Gasteiger partial charge is 0.252 e. The van der Waals surface area contributed by atoms with Crippen LogP contribution in [0.2, 0.25) is 0 Å². The molecular weight excluding hydrogens is 252 g/mol. The van der Waals surface area contributed by atoms with Gasteiger partial charge in [-0.05, 0) is 51.9 Å². The minimum absolute atomic E-state index is 0.00355. The number of nitrogens with one attached hydrogen (secondary N) is 1. The van der Waals surface area contributed by atoms with Gasteiger partial charge in [0.25, 0.3) is 5.91 Å². The molecule has 0 bridgehead atoms. The van der Waals surface area contributed by atoms with Crippen LogP contribution in [0.4, 0.5) is 11.6 Å². The van der Waals surface area contributed by atoms with Gasteiger partial charge in [-0.2, -0.15) is 0 Å². The van der Waals surface area contributed by atoms with E-state index in [2.05, 4.69) is 29.0 Å². The summed E-state index contributed by atoms with van der Waals surface area (Å²) in [5.41, 5.74) is 5.96. The molecule has 0 radical (unpaired) electrons. The third-order valence-electron chi connectivity index (χ3n) is 3.70. The highest BCUT2D eigenvalue weighted by Crippen LogP contribution is 2.34. The SMILES string of the molecule is C/C=C\Nc1ccc(C(N)=O)c(N2CCCC2(C)C)n1. The molecule has 0 aromatic carbocycles. The first-order chi connectivity index (χ1) is 9.45. The predicted octanol–water partition coefficient (Wildman–Crippen LogP) is 2.50. The Morgan fingerprint density at radius 2 is 2.25 bits per heavy atom. The van der Waals surface area contributed by atoms with Crippen LogP contribution in [0.5, 0.6) is 0 Å². The summed E-state index contributed by atoms with van der Waals surface area (Å²) >= 11 is 0. The van der Waals surface area contributed by atoms with E-state index in [9.17, 15) is 4.79 Å². The van der Waals surface area contributed by atoms with Gasteiger partial charge in [0.2, 0.25) is 0 Å². The van der Waals surface area contributed by atoms with Crippen LogP contribution in [0.3, 0.4) is 0 Å². The summed E-state index contributed by atoms with van der Waals surface area (Å²) in [4.78, 5) is 18.4. The lowest BCUT2D eigenvalue weighted by atomic mass is 10.0. The molecule has 0 unspecified atom stereocenters. The van der Waals surface area contributed by atoms with Gasteiger partial charge in [-0.15, -0.1) is 0 Å². The van der Waals surface area contributed by atoms with E-state index in [1.54, 1.807) is 12.1 Å². The quantitative estimate of drug-likeness (QED) is 0.885. The number of anilines is 2. The van der Waals surface area contributed by atoms with Crippen LogP contribution in [0.15, 0.2) is 24.4 Å². The van der Waals surface area contributed by atoms with Crippen molar-refractivity contribution in [3.05, 3.63) is 30.0 Å². The van der Waals surface area contributed by atoms with E-state index in [4.69, 9.17) is 5.73 Å². The Morgan fingerprint density at radius 3 is 2.80 bits per heavy atom. The van der Waals surface area contributed by atoms with E-state index in [1.807, 2.05) is 19.2 Å². The highest BCUT2D eigenvalue weighted by molar-refractivity contribution is 5.98. The Balaban J connectivity index is 2.44. The first-order valence-electron chi connectivity index (χ1n) is 6.92. The maximum Gasteiger partial charge on any atom is 0.252 e. The van der Waals surface area contributed by atoms with E-state index in [0.717, 1.165) is 19.4 Å². The average molecular weight is 274 g/mol. The van der Waals surface area contributed by atoms with Gasteiger partial charge < -0.3 is 16.0 Å². The number of nitrogens with zero attached hydrogens (tertiary/aromatic N) is 2. The van der Waals surface area contributed by atoms with Gasteiger partial charge in [0, 0.05) is 12.1 Å². The fraction of sp³-hybridized carbons (Fsp3) is 0.467. The third kappa shape index (κ3) is 2.76. The zero-order valence-electron chi connectivity index (χ0n) is 12.3. The summed E-state index contributed by atoms with van der Waals surface area (Å²) < 4.78 is 0. The van der Waals surface area contributed by atoms with Gasteiger partial charge in [-0.25, -0.2) is 4.98 Å². The lowest BCUT2D eigenvalue weighted by Gasteiger charge is -2.33. The minimum atomic E-state index is -0.437. The molecule has 1 aliphatic rings. The third-order valence-corrected chi connectivity index (χ3v) is 3.70. The Labute approximate surface area is 119 Å². The zero-order valence-corrected chi connectivity index (χ0v) is 12.3. The number of aromatic nitrogens is 1. The van der Waals surface area contributed by atoms with E-state index < -0.39 is 5.91 Å². The monoisotopic (exact) mass is 274 g/mol. The van der Waals surface area contributed by atoms with Crippen molar-refractivity contribution in [3.8, 4) is 0 Å². The molecule has 1 saturated heterocycles. The molecule has 5 nitrogen and oxygen atoms in total. The van der Waals surface area contributed by atoms with Crippen LogP contribution >= 0.6 is 0 Å².